The lowest BCUT2D eigenvalue weighted by molar-refractivity contribution is 0.0743. The molecule has 0 aromatic heterocycles. The van der Waals surface area contributed by atoms with Crippen molar-refractivity contribution in [3.05, 3.63) is 28.3 Å². The Labute approximate surface area is 104 Å². The van der Waals surface area contributed by atoms with Crippen LogP contribution in [0.2, 0.25) is 0 Å². The summed E-state index contributed by atoms with van der Waals surface area (Å²) in [4.78, 5) is 0. The largest absolute Gasteiger partial charge is 0.496 e. The molecule has 1 aromatic rings. The zero-order valence-corrected chi connectivity index (χ0v) is 11.3. The smallest absolute Gasteiger partial charge is 0.125 e. The number of benzene rings is 1. The number of rotatable bonds is 2. The summed E-state index contributed by atoms with van der Waals surface area (Å²) in [7, 11) is 1.68. The summed E-state index contributed by atoms with van der Waals surface area (Å²) in [5.41, 5.74) is 4.19. The fourth-order valence-corrected chi connectivity index (χ4v) is 2.95. The molecular weight excluding hydrogens is 212 g/mol. The molecule has 0 atom stereocenters. The van der Waals surface area contributed by atoms with Crippen LogP contribution in [0.1, 0.15) is 48.9 Å². The van der Waals surface area contributed by atoms with Crippen molar-refractivity contribution in [2.24, 2.45) is 0 Å². The molecule has 1 N–H and O–H groups in total. The van der Waals surface area contributed by atoms with Gasteiger partial charge in [0, 0.05) is 5.56 Å². The maximum absolute atomic E-state index is 10.4. The highest BCUT2D eigenvalue weighted by atomic mass is 16.5. The number of aryl methyl sites for hydroxylation is 1. The van der Waals surface area contributed by atoms with Gasteiger partial charge in [0.2, 0.25) is 0 Å². The monoisotopic (exact) mass is 234 g/mol. The average Bonchev–Trinajstić information content (AvgIpc) is 2.27. The fraction of sp³-hybridized carbons (Fsp3) is 0.600. The summed E-state index contributed by atoms with van der Waals surface area (Å²) in [6.45, 7) is 5.82. The Balaban J connectivity index is 2.70. The Morgan fingerprint density at radius 2 is 1.76 bits per heavy atom. The Bertz CT molecular complexity index is 428. The molecule has 2 heteroatoms. The van der Waals surface area contributed by atoms with E-state index in [-0.39, 0.29) is 0 Å². The first-order valence-corrected chi connectivity index (χ1v) is 6.37. The lowest BCUT2D eigenvalue weighted by Gasteiger charge is -2.29. The molecule has 2 nitrogen and oxygen atoms in total. The third-order valence-electron chi connectivity index (χ3n) is 3.67. The van der Waals surface area contributed by atoms with E-state index in [2.05, 4.69) is 13.0 Å². The van der Waals surface area contributed by atoms with Crippen molar-refractivity contribution in [1.82, 2.24) is 0 Å². The molecule has 0 fully saturated rings. The number of methoxy groups -OCH3 is 1. The fourth-order valence-electron chi connectivity index (χ4n) is 2.95. The molecule has 0 saturated heterocycles. The molecule has 1 aromatic carbocycles. The molecule has 0 radical (unpaired) electrons. The van der Waals surface area contributed by atoms with Crippen molar-refractivity contribution in [1.29, 1.82) is 0 Å². The van der Waals surface area contributed by atoms with Crippen LogP contribution >= 0.6 is 0 Å². The molecule has 0 saturated carbocycles. The van der Waals surface area contributed by atoms with Crippen LogP contribution in [0.15, 0.2) is 6.07 Å². The minimum atomic E-state index is -0.833. The highest BCUT2D eigenvalue weighted by Gasteiger charge is 2.28. The van der Waals surface area contributed by atoms with Gasteiger partial charge in [0.15, 0.2) is 0 Å². The Kier molecular flexibility index (Phi) is 3.17. The Morgan fingerprint density at radius 3 is 2.29 bits per heavy atom. The topological polar surface area (TPSA) is 29.5 Å². The van der Waals surface area contributed by atoms with Gasteiger partial charge in [-0.25, -0.2) is 0 Å². The second kappa shape index (κ2) is 4.34. The number of aliphatic hydroxyl groups is 1. The lowest BCUT2D eigenvalue weighted by Crippen LogP contribution is -2.22. The van der Waals surface area contributed by atoms with Crippen molar-refractivity contribution in [2.45, 2.75) is 52.1 Å². The summed E-state index contributed by atoms with van der Waals surface area (Å²) in [5.74, 6) is 0.829. The van der Waals surface area contributed by atoms with Crippen molar-refractivity contribution in [3.63, 3.8) is 0 Å². The van der Waals surface area contributed by atoms with Crippen molar-refractivity contribution in [3.8, 4) is 5.75 Å². The van der Waals surface area contributed by atoms with Crippen LogP contribution in [-0.2, 0) is 18.4 Å². The summed E-state index contributed by atoms with van der Waals surface area (Å²) in [6, 6.07) is 2.07. The molecule has 0 amide bonds. The van der Waals surface area contributed by atoms with Gasteiger partial charge in [-0.1, -0.05) is 0 Å². The summed E-state index contributed by atoms with van der Waals surface area (Å²) >= 11 is 0. The van der Waals surface area contributed by atoms with Gasteiger partial charge in [0.1, 0.15) is 5.75 Å². The van der Waals surface area contributed by atoms with Gasteiger partial charge >= 0.3 is 0 Å². The van der Waals surface area contributed by atoms with Gasteiger partial charge < -0.3 is 9.84 Å². The van der Waals surface area contributed by atoms with E-state index in [1.54, 1.807) is 7.11 Å². The van der Waals surface area contributed by atoms with Gasteiger partial charge in [0.05, 0.1) is 12.7 Å². The molecule has 17 heavy (non-hydrogen) atoms. The maximum Gasteiger partial charge on any atom is 0.125 e. The van der Waals surface area contributed by atoms with Crippen LogP contribution in [0.4, 0.5) is 0 Å². The molecule has 0 unspecified atom stereocenters. The maximum atomic E-state index is 10.4. The van der Waals surface area contributed by atoms with Crippen LogP contribution in [0.5, 0.6) is 5.75 Å². The van der Waals surface area contributed by atoms with Crippen molar-refractivity contribution in [2.75, 3.05) is 7.11 Å². The van der Waals surface area contributed by atoms with Crippen LogP contribution in [-0.4, -0.2) is 12.2 Å². The summed E-state index contributed by atoms with van der Waals surface area (Å²) in [6.07, 6.45) is 4.66. The molecule has 0 spiro atoms. The quantitative estimate of drug-likeness (QED) is 0.852. The van der Waals surface area contributed by atoms with Crippen molar-refractivity contribution < 1.29 is 9.84 Å². The van der Waals surface area contributed by atoms with E-state index < -0.39 is 5.60 Å². The molecule has 1 aliphatic rings. The average molecular weight is 234 g/mol. The number of fused-ring (bicyclic) bond motifs is 1. The van der Waals surface area contributed by atoms with E-state index in [0.29, 0.717) is 0 Å². The Hall–Kier alpha value is -1.02. The number of ether oxygens (including phenoxy) is 1. The predicted molar refractivity (Wildman–Crippen MR) is 69.6 cm³/mol. The van der Waals surface area contributed by atoms with Gasteiger partial charge in [-0.2, -0.15) is 0 Å². The van der Waals surface area contributed by atoms with E-state index in [1.165, 1.54) is 29.5 Å². The lowest BCUT2D eigenvalue weighted by atomic mass is 9.80. The van der Waals surface area contributed by atoms with Gasteiger partial charge in [-0.3, -0.25) is 0 Å². The van der Waals surface area contributed by atoms with Gasteiger partial charge in [0.25, 0.3) is 0 Å². The zero-order chi connectivity index (χ0) is 12.6. The molecule has 0 heterocycles. The highest BCUT2D eigenvalue weighted by molar-refractivity contribution is 5.52. The minimum Gasteiger partial charge on any atom is -0.496 e. The first-order chi connectivity index (χ1) is 7.95. The molecule has 94 valence electrons. The standard InChI is InChI=1S/C15H22O2/c1-10-9-13(17-4)14(15(2,3)16)12-8-6-5-7-11(10)12/h9,16H,5-8H2,1-4H3. The van der Waals surface area contributed by atoms with Gasteiger partial charge in [-0.05, 0) is 69.2 Å². The van der Waals surface area contributed by atoms with Crippen molar-refractivity contribution >= 4 is 0 Å². The second-order valence-corrected chi connectivity index (χ2v) is 5.49. The molecular formula is C15H22O2. The molecule has 1 aliphatic carbocycles. The summed E-state index contributed by atoms with van der Waals surface area (Å²) in [5, 5.41) is 10.4. The zero-order valence-electron chi connectivity index (χ0n) is 11.3. The third-order valence-corrected chi connectivity index (χ3v) is 3.67. The normalized spacial score (nSPS) is 15.6. The first kappa shape index (κ1) is 12.4. The minimum absolute atomic E-state index is 0.829. The molecule has 0 aliphatic heterocycles. The van der Waals surface area contributed by atoms with E-state index in [0.717, 1.165) is 24.2 Å². The van der Waals surface area contributed by atoms with E-state index in [9.17, 15) is 5.11 Å². The number of hydrogen-bond donors (Lipinski definition) is 1. The van der Waals surface area contributed by atoms with Crippen LogP contribution in [0.25, 0.3) is 0 Å². The van der Waals surface area contributed by atoms with E-state index in [1.807, 2.05) is 13.8 Å². The predicted octanol–water partition coefficient (Wildman–Crippen LogP) is 3.11. The highest BCUT2D eigenvalue weighted by Crippen LogP contribution is 2.39. The van der Waals surface area contributed by atoms with Gasteiger partial charge in [-0.15, -0.1) is 0 Å². The Morgan fingerprint density at radius 1 is 1.18 bits per heavy atom. The molecule has 2 rings (SSSR count). The van der Waals surface area contributed by atoms with E-state index >= 15 is 0 Å². The third kappa shape index (κ3) is 2.19. The van der Waals surface area contributed by atoms with Crippen LogP contribution in [0.3, 0.4) is 0 Å². The van der Waals surface area contributed by atoms with E-state index in [4.69, 9.17) is 4.74 Å². The molecule has 0 bridgehead atoms. The summed E-state index contributed by atoms with van der Waals surface area (Å²) < 4.78 is 5.46. The first-order valence-electron chi connectivity index (χ1n) is 6.37. The SMILES string of the molecule is COc1cc(C)c2c(c1C(C)(C)O)CCCC2. The number of hydrogen-bond acceptors (Lipinski definition) is 2. The van der Waals surface area contributed by atoms with Crippen LogP contribution in [0, 0.1) is 6.92 Å². The second-order valence-electron chi connectivity index (χ2n) is 5.49. The van der Waals surface area contributed by atoms with Crippen LogP contribution < -0.4 is 4.74 Å².